The number of para-hydroxylation sites is 1. The first kappa shape index (κ1) is 21.4. The van der Waals surface area contributed by atoms with E-state index in [1.807, 2.05) is 44.2 Å². The van der Waals surface area contributed by atoms with Gasteiger partial charge in [-0.25, -0.2) is 9.98 Å². The van der Waals surface area contributed by atoms with Crippen LogP contribution in [0.15, 0.2) is 51.9 Å². The Morgan fingerprint density at radius 1 is 1.14 bits per heavy atom. The summed E-state index contributed by atoms with van der Waals surface area (Å²) >= 11 is 0. The number of nitrogens with one attached hydrogen (secondary N) is 2. The highest BCUT2D eigenvalue weighted by Gasteiger charge is 2.61. The Bertz CT molecular complexity index is 1430. The number of carbonyl (C=O) groups is 1. The molecule has 4 aliphatic rings. The zero-order valence-corrected chi connectivity index (χ0v) is 20.1. The van der Waals surface area contributed by atoms with E-state index in [4.69, 9.17) is 24.6 Å². The molecular formula is C27H27N5O4. The van der Waals surface area contributed by atoms with E-state index >= 15 is 0 Å². The van der Waals surface area contributed by atoms with Crippen molar-refractivity contribution in [3.8, 4) is 5.75 Å². The van der Waals surface area contributed by atoms with E-state index in [0.717, 1.165) is 28.1 Å². The average Bonchev–Trinajstić information content (AvgIpc) is 3.63. The summed E-state index contributed by atoms with van der Waals surface area (Å²) in [5.41, 5.74) is 9.97. The zero-order valence-electron chi connectivity index (χ0n) is 20.1. The second kappa shape index (κ2) is 7.57. The largest absolute Gasteiger partial charge is 0.474 e. The van der Waals surface area contributed by atoms with Crippen LogP contribution in [0.2, 0.25) is 0 Å². The SMILES string of the molecule is CC(C)[C@@H]1NC(=O)[C@@H](N)Cc2ccc3c(c2)[C@@]2(c4ccccc4NC2O3)c2oc1nc2C1=NCCO1. The normalized spacial score (nSPS) is 27.6. The molecule has 4 aliphatic heterocycles. The third kappa shape index (κ3) is 2.83. The fourth-order valence-electron chi connectivity index (χ4n) is 5.83. The molecule has 0 aliphatic carbocycles. The van der Waals surface area contributed by atoms with E-state index in [1.54, 1.807) is 0 Å². The molecule has 4 atom stereocenters. The molecule has 0 radical (unpaired) electrons. The van der Waals surface area contributed by atoms with Gasteiger partial charge in [0, 0.05) is 11.3 Å². The number of ether oxygens (including phenoxy) is 2. The van der Waals surface area contributed by atoms with Crippen molar-refractivity contribution in [2.75, 3.05) is 18.5 Å². The molecule has 0 fully saturated rings. The van der Waals surface area contributed by atoms with Gasteiger partial charge in [-0.05, 0) is 35.6 Å². The number of aliphatic imine (C=N–C) groups is 1. The third-order valence-corrected chi connectivity index (χ3v) is 7.56. The molecule has 0 saturated heterocycles. The number of fused-ring (bicyclic) bond motifs is 4. The van der Waals surface area contributed by atoms with E-state index in [9.17, 15) is 4.79 Å². The molecule has 4 bridgehead atoms. The summed E-state index contributed by atoms with van der Waals surface area (Å²) in [7, 11) is 0. The van der Waals surface area contributed by atoms with Crippen LogP contribution in [0.1, 0.15) is 53.9 Å². The van der Waals surface area contributed by atoms with Crippen LogP contribution in [0.25, 0.3) is 0 Å². The second-order valence-electron chi connectivity index (χ2n) is 10.1. The molecule has 0 saturated carbocycles. The topological polar surface area (TPSA) is 124 Å². The number of benzene rings is 2. The molecule has 1 spiro atoms. The quantitative estimate of drug-likeness (QED) is 0.510. The molecule has 36 heavy (non-hydrogen) atoms. The smallest absolute Gasteiger partial charge is 0.239 e. The van der Waals surface area contributed by atoms with Gasteiger partial charge in [-0.1, -0.05) is 44.2 Å². The van der Waals surface area contributed by atoms with Crippen LogP contribution in [0.3, 0.4) is 0 Å². The van der Waals surface area contributed by atoms with Crippen molar-refractivity contribution in [1.29, 1.82) is 0 Å². The summed E-state index contributed by atoms with van der Waals surface area (Å²) in [6.45, 7) is 5.07. The fraction of sp³-hybridized carbons (Fsp3) is 0.370. The molecule has 1 aromatic heterocycles. The molecule has 9 nitrogen and oxygen atoms in total. The highest BCUT2D eigenvalue weighted by atomic mass is 16.5. The van der Waals surface area contributed by atoms with Crippen LogP contribution in [0.4, 0.5) is 5.69 Å². The number of amides is 1. The van der Waals surface area contributed by atoms with Gasteiger partial charge >= 0.3 is 0 Å². The van der Waals surface area contributed by atoms with Crippen molar-refractivity contribution in [3.63, 3.8) is 0 Å². The van der Waals surface area contributed by atoms with Gasteiger partial charge in [-0.15, -0.1) is 0 Å². The molecule has 5 heterocycles. The molecule has 4 N–H and O–H groups in total. The summed E-state index contributed by atoms with van der Waals surface area (Å²) < 4.78 is 19.1. The van der Waals surface area contributed by atoms with E-state index in [2.05, 4.69) is 27.8 Å². The lowest BCUT2D eigenvalue weighted by molar-refractivity contribution is -0.123. The number of rotatable bonds is 2. The van der Waals surface area contributed by atoms with Crippen molar-refractivity contribution in [3.05, 3.63) is 76.5 Å². The van der Waals surface area contributed by atoms with Crippen molar-refractivity contribution in [1.82, 2.24) is 10.3 Å². The average molecular weight is 486 g/mol. The molecule has 3 aromatic rings. The standard InChI is InChI=1S/C27H27N5O4/c1-13(2)20-25-32-21(24-29-9-10-34-24)22(36-25)27-15-5-3-4-6-18(15)30-26(27)35-19-8-7-14(11-16(19)27)12-17(28)23(33)31-20/h3-8,11,13,17,20,26,30H,9-10,12,28H2,1-2H3,(H,31,33)/t17-,20-,26?,27-/m0/s1. The lowest BCUT2D eigenvalue weighted by Gasteiger charge is -2.28. The predicted molar refractivity (Wildman–Crippen MR) is 132 cm³/mol. The Morgan fingerprint density at radius 2 is 2.00 bits per heavy atom. The van der Waals surface area contributed by atoms with Crippen LogP contribution in [0, 0.1) is 5.92 Å². The number of hydrogen-bond donors (Lipinski definition) is 3. The van der Waals surface area contributed by atoms with Gasteiger partial charge in [0.1, 0.15) is 23.8 Å². The lowest BCUT2D eigenvalue weighted by atomic mass is 9.72. The monoisotopic (exact) mass is 485 g/mol. The van der Waals surface area contributed by atoms with Crippen LogP contribution >= 0.6 is 0 Å². The first-order valence-electron chi connectivity index (χ1n) is 12.4. The van der Waals surface area contributed by atoms with Gasteiger partial charge in [0.2, 0.25) is 17.7 Å². The summed E-state index contributed by atoms with van der Waals surface area (Å²) in [5.74, 6) is 1.95. The van der Waals surface area contributed by atoms with Crippen molar-refractivity contribution < 1.29 is 18.7 Å². The minimum atomic E-state index is -0.828. The van der Waals surface area contributed by atoms with E-state index < -0.39 is 23.7 Å². The molecular weight excluding hydrogens is 458 g/mol. The van der Waals surface area contributed by atoms with Crippen LogP contribution in [-0.4, -0.2) is 42.2 Å². The Hall–Kier alpha value is -3.85. The number of hydrogen-bond acceptors (Lipinski definition) is 8. The fourth-order valence-corrected chi connectivity index (χ4v) is 5.83. The van der Waals surface area contributed by atoms with Crippen LogP contribution in [0.5, 0.6) is 5.75 Å². The third-order valence-electron chi connectivity index (χ3n) is 7.56. The van der Waals surface area contributed by atoms with Gasteiger partial charge in [-0.2, -0.15) is 0 Å². The predicted octanol–water partition coefficient (Wildman–Crippen LogP) is 2.63. The van der Waals surface area contributed by atoms with E-state index in [0.29, 0.717) is 42.8 Å². The van der Waals surface area contributed by atoms with Crippen molar-refractivity contribution in [2.45, 2.75) is 44.0 Å². The lowest BCUT2D eigenvalue weighted by Crippen LogP contribution is -2.45. The Kier molecular flexibility index (Phi) is 4.51. The van der Waals surface area contributed by atoms with Gasteiger partial charge in [-0.3, -0.25) is 4.79 Å². The van der Waals surface area contributed by atoms with Gasteiger partial charge < -0.3 is 30.3 Å². The van der Waals surface area contributed by atoms with Gasteiger partial charge in [0.25, 0.3) is 0 Å². The summed E-state index contributed by atoms with van der Waals surface area (Å²) in [4.78, 5) is 22.6. The summed E-state index contributed by atoms with van der Waals surface area (Å²) in [6, 6.07) is 12.9. The molecule has 7 rings (SSSR count). The van der Waals surface area contributed by atoms with E-state index in [1.165, 1.54) is 0 Å². The minimum absolute atomic E-state index is 0.00498. The summed E-state index contributed by atoms with van der Waals surface area (Å²) in [6.07, 6.45) is -0.0557. The molecule has 1 unspecified atom stereocenters. The number of nitrogens with two attached hydrogens (primary N) is 1. The van der Waals surface area contributed by atoms with Crippen molar-refractivity contribution >= 4 is 17.5 Å². The first-order valence-corrected chi connectivity index (χ1v) is 12.4. The number of anilines is 1. The number of oxazole rings is 1. The molecule has 2 aromatic carbocycles. The minimum Gasteiger partial charge on any atom is -0.474 e. The summed E-state index contributed by atoms with van der Waals surface area (Å²) in [5, 5.41) is 6.64. The van der Waals surface area contributed by atoms with Gasteiger partial charge in [0.15, 0.2) is 17.7 Å². The first-order chi connectivity index (χ1) is 17.5. The van der Waals surface area contributed by atoms with Gasteiger partial charge in [0.05, 0.1) is 12.6 Å². The number of aromatic nitrogens is 1. The maximum atomic E-state index is 13.1. The van der Waals surface area contributed by atoms with Crippen molar-refractivity contribution in [2.24, 2.45) is 16.6 Å². The Labute approximate surface area is 208 Å². The second-order valence-corrected chi connectivity index (χ2v) is 10.1. The Balaban J connectivity index is 1.58. The highest BCUT2D eigenvalue weighted by Crippen LogP contribution is 2.58. The van der Waals surface area contributed by atoms with E-state index in [-0.39, 0.29) is 11.8 Å². The molecule has 1 amide bonds. The number of carbonyl (C=O) groups excluding carboxylic acids is 1. The van der Waals surface area contributed by atoms with Crippen LogP contribution in [-0.2, 0) is 21.4 Å². The Morgan fingerprint density at radius 3 is 2.81 bits per heavy atom. The maximum Gasteiger partial charge on any atom is 0.239 e. The molecule has 9 heteroatoms. The van der Waals surface area contributed by atoms with Crippen LogP contribution < -0.4 is 21.1 Å². The highest BCUT2D eigenvalue weighted by molar-refractivity contribution is 5.95. The molecule has 184 valence electrons. The zero-order chi connectivity index (χ0) is 24.6. The maximum absolute atomic E-state index is 13.1. The number of nitrogens with zero attached hydrogens (tertiary/aromatic N) is 2.